The van der Waals surface area contributed by atoms with E-state index in [1.54, 1.807) is 0 Å². The zero-order chi connectivity index (χ0) is 15.0. The number of fused-ring (bicyclic) bond motifs is 1. The van der Waals surface area contributed by atoms with Crippen molar-refractivity contribution in [2.75, 3.05) is 13.1 Å². The van der Waals surface area contributed by atoms with Gasteiger partial charge < -0.3 is 15.7 Å². The normalized spacial score (nSPS) is 31.8. The Hall–Kier alpha value is -1.17. The molecule has 1 aromatic carbocycles. The minimum absolute atomic E-state index is 0.0817. The van der Waals surface area contributed by atoms with E-state index in [2.05, 4.69) is 10.6 Å². The van der Waals surface area contributed by atoms with Crippen LogP contribution < -0.4 is 10.6 Å². The van der Waals surface area contributed by atoms with E-state index in [-0.39, 0.29) is 16.6 Å². The Morgan fingerprint density at radius 1 is 1.33 bits per heavy atom. The summed E-state index contributed by atoms with van der Waals surface area (Å²) in [5.41, 5.74) is -0.155. The second kappa shape index (κ2) is 5.91. The molecular weight excluding hydrogens is 295 g/mol. The summed E-state index contributed by atoms with van der Waals surface area (Å²) in [7, 11) is 0. The number of aliphatic hydroxyl groups excluding tert-OH is 1. The van der Waals surface area contributed by atoms with Crippen molar-refractivity contribution in [2.24, 2.45) is 11.8 Å². The highest BCUT2D eigenvalue weighted by molar-refractivity contribution is 6.33. The number of aliphatic hydroxyl groups is 1. The maximum Gasteiger partial charge on any atom is 0.256 e. The molecule has 1 aliphatic carbocycles. The number of nitrogens with one attached hydrogen (secondary N) is 2. The molecule has 21 heavy (non-hydrogen) atoms. The summed E-state index contributed by atoms with van der Waals surface area (Å²) in [5, 5.41) is 16.3. The minimum atomic E-state index is -0.647. The first-order chi connectivity index (χ1) is 10.1. The van der Waals surface area contributed by atoms with Crippen LogP contribution in [0.5, 0.6) is 0 Å². The lowest BCUT2D eigenvalue weighted by Crippen LogP contribution is -2.49. The predicted molar refractivity (Wildman–Crippen MR) is 77.8 cm³/mol. The van der Waals surface area contributed by atoms with Crippen LogP contribution in [-0.2, 0) is 0 Å². The summed E-state index contributed by atoms with van der Waals surface area (Å²) in [6, 6.07) is 3.79. The summed E-state index contributed by atoms with van der Waals surface area (Å²) in [4.78, 5) is 12.2. The van der Waals surface area contributed by atoms with Gasteiger partial charge in [-0.05, 0) is 49.9 Å². The zero-order valence-corrected chi connectivity index (χ0v) is 12.2. The Labute approximate surface area is 127 Å². The Morgan fingerprint density at radius 2 is 2.05 bits per heavy atom. The molecule has 4 atom stereocenters. The van der Waals surface area contributed by atoms with Crippen LogP contribution in [0.15, 0.2) is 18.2 Å². The van der Waals surface area contributed by atoms with E-state index in [9.17, 15) is 14.3 Å². The zero-order valence-electron chi connectivity index (χ0n) is 11.5. The van der Waals surface area contributed by atoms with Crippen molar-refractivity contribution in [2.45, 2.75) is 25.0 Å². The molecule has 1 saturated carbocycles. The smallest absolute Gasteiger partial charge is 0.256 e. The van der Waals surface area contributed by atoms with Gasteiger partial charge in [-0.25, -0.2) is 4.39 Å². The van der Waals surface area contributed by atoms with Crippen molar-refractivity contribution in [3.8, 4) is 0 Å². The number of halogens is 2. The summed E-state index contributed by atoms with van der Waals surface area (Å²) in [5.74, 6) is -0.294. The summed E-state index contributed by atoms with van der Waals surface area (Å²) < 4.78 is 13.7. The van der Waals surface area contributed by atoms with Gasteiger partial charge in [0.1, 0.15) is 5.82 Å². The highest BCUT2D eigenvalue weighted by Gasteiger charge is 2.39. The first-order valence-electron chi connectivity index (χ1n) is 7.20. The SMILES string of the molecule is O=C(N[C@H]1C[C@H]2CNC[C@H]2C[C@@H]1O)c1c(F)cccc1Cl. The molecule has 0 unspecified atom stereocenters. The number of carbonyl (C=O) groups excluding carboxylic acids is 1. The maximum absolute atomic E-state index is 13.7. The van der Waals surface area contributed by atoms with Crippen LogP contribution >= 0.6 is 11.6 Å². The van der Waals surface area contributed by atoms with E-state index in [1.165, 1.54) is 18.2 Å². The monoisotopic (exact) mass is 312 g/mol. The molecule has 0 aromatic heterocycles. The molecule has 1 amide bonds. The molecule has 1 saturated heterocycles. The fourth-order valence-electron chi connectivity index (χ4n) is 3.41. The average Bonchev–Trinajstić information content (AvgIpc) is 2.86. The quantitative estimate of drug-likeness (QED) is 0.777. The Bertz CT molecular complexity index is 534. The van der Waals surface area contributed by atoms with E-state index in [0.717, 1.165) is 13.1 Å². The lowest BCUT2D eigenvalue weighted by Gasteiger charge is -2.35. The van der Waals surface area contributed by atoms with Crippen LogP contribution in [0.4, 0.5) is 4.39 Å². The molecule has 114 valence electrons. The molecule has 1 aliphatic heterocycles. The molecule has 3 rings (SSSR count). The van der Waals surface area contributed by atoms with Crippen LogP contribution in [0.2, 0.25) is 5.02 Å². The first kappa shape index (κ1) is 14.8. The van der Waals surface area contributed by atoms with Crippen molar-refractivity contribution in [1.82, 2.24) is 10.6 Å². The molecule has 3 N–H and O–H groups in total. The molecule has 4 nitrogen and oxygen atoms in total. The fourth-order valence-corrected chi connectivity index (χ4v) is 3.66. The van der Waals surface area contributed by atoms with Crippen molar-refractivity contribution >= 4 is 17.5 Å². The van der Waals surface area contributed by atoms with Gasteiger partial charge in [-0.1, -0.05) is 17.7 Å². The van der Waals surface area contributed by atoms with Crippen LogP contribution in [0.3, 0.4) is 0 Å². The number of carbonyl (C=O) groups is 1. The molecule has 0 spiro atoms. The number of rotatable bonds is 2. The molecule has 0 radical (unpaired) electrons. The van der Waals surface area contributed by atoms with E-state index in [0.29, 0.717) is 24.7 Å². The lowest BCUT2D eigenvalue weighted by atomic mass is 9.77. The topological polar surface area (TPSA) is 61.4 Å². The molecule has 1 heterocycles. The average molecular weight is 313 g/mol. The van der Waals surface area contributed by atoms with Crippen molar-refractivity contribution < 1.29 is 14.3 Å². The van der Waals surface area contributed by atoms with Crippen molar-refractivity contribution in [1.29, 1.82) is 0 Å². The third-order valence-corrected chi connectivity index (χ3v) is 4.87. The lowest BCUT2D eigenvalue weighted by molar-refractivity contribution is 0.0460. The van der Waals surface area contributed by atoms with Gasteiger partial charge in [0, 0.05) is 0 Å². The Morgan fingerprint density at radius 3 is 2.76 bits per heavy atom. The Balaban J connectivity index is 1.72. The van der Waals surface area contributed by atoms with Gasteiger partial charge in [-0.3, -0.25) is 4.79 Å². The predicted octanol–water partition coefficient (Wildman–Crippen LogP) is 1.57. The highest BCUT2D eigenvalue weighted by Crippen LogP contribution is 2.33. The maximum atomic E-state index is 13.7. The number of hydrogen-bond acceptors (Lipinski definition) is 3. The second-order valence-electron chi connectivity index (χ2n) is 5.89. The fraction of sp³-hybridized carbons (Fsp3) is 0.533. The number of amides is 1. The van der Waals surface area contributed by atoms with Gasteiger partial charge in [0.2, 0.25) is 0 Å². The van der Waals surface area contributed by atoms with Gasteiger partial charge in [-0.2, -0.15) is 0 Å². The third-order valence-electron chi connectivity index (χ3n) is 4.55. The first-order valence-corrected chi connectivity index (χ1v) is 7.57. The third kappa shape index (κ3) is 2.91. The van der Waals surface area contributed by atoms with E-state index in [4.69, 9.17) is 11.6 Å². The van der Waals surface area contributed by atoms with Crippen molar-refractivity contribution in [3.05, 3.63) is 34.6 Å². The molecule has 2 fully saturated rings. The van der Waals surface area contributed by atoms with Crippen molar-refractivity contribution in [3.63, 3.8) is 0 Å². The van der Waals surface area contributed by atoms with Crippen LogP contribution in [0, 0.1) is 17.7 Å². The van der Waals surface area contributed by atoms with Crippen LogP contribution in [-0.4, -0.2) is 36.2 Å². The minimum Gasteiger partial charge on any atom is -0.391 e. The highest BCUT2D eigenvalue weighted by atomic mass is 35.5. The standard InChI is InChI=1S/C15H18ClFN2O2/c16-10-2-1-3-11(17)14(10)15(21)19-12-4-8-6-18-7-9(8)5-13(12)20/h1-3,8-9,12-13,18,20H,4-7H2,(H,19,21)/t8-,9+,12-,13-/m0/s1. The summed E-state index contributed by atoms with van der Waals surface area (Å²) >= 11 is 5.89. The number of benzene rings is 1. The Kier molecular flexibility index (Phi) is 4.15. The van der Waals surface area contributed by atoms with E-state index >= 15 is 0 Å². The molecular formula is C15H18ClFN2O2. The van der Waals surface area contributed by atoms with Gasteiger partial charge in [0.25, 0.3) is 5.91 Å². The van der Waals surface area contributed by atoms with E-state index < -0.39 is 17.8 Å². The summed E-state index contributed by atoms with van der Waals surface area (Å²) in [6.07, 6.45) is 0.769. The van der Waals surface area contributed by atoms with Gasteiger partial charge in [0.05, 0.1) is 22.7 Å². The number of hydrogen-bond donors (Lipinski definition) is 3. The van der Waals surface area contributed by atoms with Crippen LogP contribution in [0.1, 0.15) is 23.2 Å². The molecule has 6 heteroatoms. The largest absolute Gasteiger partial charge is 0.391 e. The molecule has 2 aliphatic rings. The van der Waals surface area contributed by atoms with Gasteiger partial charge in [-0.15, -0.1) is 0 Å². The second-order valence-corrected chi connectivity index (χ2v) is 6.30. The van der Waals surface area contributed by atoms with Crippen LogP contribution in [0.25, 0.3) is 0 Å². The molecule has 1 aromatic rings. The summed E-state index contributed by atoms with van der Waals surface area (Å²) in [6.45, 7) is 1.83. The van der Waals surface area contributed by atoms with Gasteiger partial charge in [0.15, 0.2) is 0 Å². The molecule has 0 bridgehead atoms. The van der Waals surface area contributed by atoms with Gasteiger partial charge >= 0.3 is 0 Å². The van der Waals surface area contributed by atoms with E-state index in [1.807, 2.05) is 0 Å².